The molecule has 5 heteroatoms. The molecule has 0 spiro atoms. The van der Waals surface area contributed by atoms with Gasteiger partial charge in [-0.05, 0) is 5.75 Å². The largest absolute Gasteiger partial charge is 0.372 e. The molecule has 0 atom stereocenters. The first kappa shape index (κ1) is 10.1. The van der Waals surface area contributed by atoms with E-state index in [1.54, 1.807) is 19.0 Å². The zero-order valence-electron chi connectivity index (χ0n) is 7.88. The fourth-order valence-electron chi connectivity index (χ4n) is 1.11. The minimum Gasteiger partial charge on any atom is -0.372 e. The molecule has 2 amide bonds. The predicted octanol–water partition coefficient (Wildman–Crippen LogP) is 0.169. The summed E-state index contributed by atoms with van der Waals surface area (Å²) in [6.45, 7) is 1.95. The normalized spacial score (nSPS) is 16.5. The molecule has 1 heterocycles. The number of carbonyl (C=O) groups is 2. The third-order valence-electron chi connectivity index (χ3n) is 1.60. The van der Waals surface area contributed by atoms with Crippen LogP contribution < -0.4 is 5.32 Å². The van der Waals surface area contributed by atoms with Gasteiger partial charge in [0.05, 0.1) is 0 Å². The highest BCUT2D eigenvalue weighted by molar-refractivity contribution is 8.04. The lowest BCUT2D eigenvalue weighted by Crippen LogP contribution is -2.26. The second-order valence-electron chi connectivity index (χ2n) is 2.79. The van der Waals surface area contributed by atoms with Crippen molar-refractivity contribution in [3.05, 3.63) is 10.6 Å². The molecule has 1 rings (SSSR count). The molecule has 0 fully saturated rings. The molecule has 0 saturated carbocycles. The van der Waals surface area contributed by atoms with Crippen LogP contribution in [-0.4, -0.2) is 36.6 Å². The lowest BCUT2D eigenvalue weighted by Gasteiger charge is -2.12. The molecule has 1 N–H and O–H groups in total. The van der Waals surface area contributed by atoms with Crippen molar-refractivity contribution in [2.45, 2.75) is 6.92 Å². The van der Waals surface area contributed by atoms with Gasteiger partial charge in [0.1, 0.15) is 10.6 Å². The summed E-state index contributed by atoms with van der Waals surface area (Å²) in [4.78, 5) is 24.7. The summed E-state index contributed by atoms with van der Waals surface area (Å²) < 4.78 is 0. The number of thioether (sulfide) groups is 1. The maximum Gasteiger partial charge on any atom is 0.275 e. The quantitative estimate of drug-likeness (QED) is 0.660. The van der Waals surface area contributed by atoms with Crippen LogP contribution in [0.5, 0.6) is 0 Å². The van der Waals surface area contributed by atoms with Crippen LogP contribution >= 0.6 is 11.8 Å². The van der Waals surface area contributed by atoms with Crippen LogP contribution in [0.4, 0.5) is 0 Å². The van der Waals surface area contributed by atoms with E-state index in [1.165, 1.54) is 11.8 Å². The molecule has 0 saturated heterocycles. The Morgan fingerprint density at radius 3 is 2.38 bits per heavy atom. The molecule has 0 unspecified atom stereocenters. The number of hydrogen-bond acceptors (Lipinski definition) is 4. The summed E-state index contributed by atoms with van der Waals surface area (Å²) >= 11 is 1.39. The number of amides is 2. The maximum absolute atomic E-state index is 11.3. The standard InChI is InChI=1S/C8H12N2O2S/c1-4-13-6-5(10(2)3)7(11)9-8(6)12/h4H2,1-3H3,(H,9,11,12). The second-order valence-corrected chi connectivity index (χ2v) is 4.06. The molecule has 1 aliphatic rings. The van der Waals surface area contributed by atoms with Crippen molar-refractivity contribution in [2.24, 2.45) is 0 Å². The Hall–Kier alpha value is -0.970. The Bertz CT molecular complexity index is 284. The van der Waals surface area contributed by atoms with Crippen molar-refractivity contribution in [1.82, 2.24) is 10.2 Å². The molecule has 0 aromatic carbocycles. The average Bonchev–Trinajstić information content (AvgIpc) is 2.27. The van der Waals surface area contributed by atoms with Crippen molar-refractivity contribution in [2.75, 3.05) is 19.8 Å². The third-order valence-corrected chi connectivity index (χ3v) is 2.56. The van der Waals surface area contributed by atoms with Gasteiger partial charge in [-0.15, -0.1) is 11.8 Å². The number of likely N-dealkylation sites (N-methyl/N-ethyl adjacent to an activating group) is 1. The van der Waals surface area contributed by atoms with Gasteiger partial charge in [0.25, 0.3) is 11.8 Å². The van der Waals surface area contributed by atoms with Gasteiger partial charge in [0.2, 0.25) is 0 Å². The van der Waals surface area contributed by atoms with Gasteiger partial charge in [-0.25, -0.2) is 0 Å². The van der Waals surface area contributed by atoms with Gasteiger partial charge in [0.15, 0.2) is 0 Å². The van der Waals surface area contributed by atoms with E-state index in [0.717, 1.165) is 5.75 Å². The number of nitrogens with one attached hydrogen (secondary N) is 1. The van der Waals surface area contributed by atoms with Gasteiger partial charge in [0, 0.05) is 14.1 Å². The fraction of sp³-hybridized carbons (Fsp3) is 0.500. The zero-order valence-corrected chi connectivity index (χ0v) is 8.70. The fourth-order valence-corrected chi connectivity index (χ4v) is 2.00. The van der Waals surface area contributed by atoms with Gasteiger partial charge in [-0.3, -0.25) is 14.9 Å². The van der Waals surface area contributed by atoms with Crippen LogP contribution in [0, 0.1) is 0 Å². The van der Waals surface area contributed by atoms with Crippen LogP contribution in [-0.2, 0) is 9.59 Å². The molecule has 4 nitrogen and oxygen atoms in total. The molecule has 0 bridgehead atoms. The number of imide groups is 1. The van der Waals surface area contributed by atoms with E-state index < -0.39 is 0 Å². The summed E-state index contributed by atoms with van der Waals surface area (Å²) in [5, 5.41) is 2.27. The van der Waals surface area contributed by atoms with Crippen LogP contribution in [0.15, 0.2) is 10.6 Å². The topological polar surface area (TPSA) is 49.4 Å². The Labute approximate surface area is 81.4 Å². The monoisotopic (exact) mass is 200 g/mol. The van der Waals surface area contributed by atoms with Crippen LogP contribution in [0.1, 0.15) is 6.92 Å². The predicted molar refractivity (Wildman–Crippen MR) is 52.0 cm³/mol. The smallest absolute Gasteiger partial charge is 0.275 e. The minimum atomic E-state index is -0.300. The molecular formula is C8H12N2O2S. The molecule has 0 aromatic heterocycles. The van der Waals surface area contributed by atoms with Gasteiger partial charge >= 0.3 is 0 Å². The van der Waals surface area contributed by atoms with Crippen molar-refractivity contribution in [3.63, 3.8) is 0 Å². The molecule has 1 aliphatic heterocycles. The first-order valence-electron chi connectivity index (χ1n) is 3.98. The lowest BCUT2D eigenvalue weighted by atomic mass is 10.4. The highest BCUT2D eigenvalue weighted by atomic mass is 32.2. The Balaban J connectivity index is 3.02. The summed E-state index contributed by atoms with van der Waals surface area (Å²) in [7, 11) is 3.51. The van der Waals surface area contributed by atoms with Crippen LogP contribution in [0.2, 0.25) is 0 Å². The Morgan fingerprint density at radius 2 is 1.92 bits per heavy atom. The molecule has 0 aliphatic carbocycles. The van der Waals surface area contributed by atoms with Gasteiger partial charge in [-0.1, -0.05) is 6.92 Å². The Morgan fingerprint density at radius 1 is 1.31 bits per heavy atom. The van der Waals surface area contributed by atoms with Gasteiger partial charge < -0.3 is 4.90 Å². The molecular weight excluding hydrogens is 188 g/mol. The Kier molecular flexibility index (Phi) is 2.98. The van der Waals surface area contributed by atoms with E-state index in [0.29, 0.717) is 10.6 Å². The number of carbonyl (C=O) groups excluding carboxylic acids is 2. The molecule has 72 valence electrons. The summed E-state index contributed by atoms with van der Waals surface area (Å²) in [5.74, 6) is 0.208. The minimum absolute atomic E-state index is 0.277. The highest BCUT2D eigenvalue weighted by Gasteiger charge is 2.31. The first-order valence-corrected chi connectivity index (χ1v) is 4.96. The number of rotatable bonds is 3. The van der Waals surface area contributed by atoms with E-state index in [1.807, 2.05) is 6.92 Å². The number of hydrogen-bond donors (Lipinski definition) is 1. The highest BCUT2D eigenvalue weighted by Crippen LogP contribution is 2.25. The summed E-state index contributed by atoms with van der Waals surface area (Å²) in [5.41, 5.74) is 0.469. The molecule has 0 radical (unpaired) electrons. The third kappa shape index (κ3) is 1.85. The van der Waals surface area contributed by atoms with E-state index in [-0.39, 0.29) is 11.8 Å². The summed E-state index contributed by atoms with van der Waals surface area (Å²) in [6, 6.07) is 0. The second kappa shape index (κ2) is 3.83. The van der Waals surface area contributed by atoms with Gasteiger partial charge in [-0.2, -0.15) is 0 Å². The SMILES string of the molecule is CCSC1=C(N(C)C)C(=O)NC1=O. The number of nitrogens with zero attached hydrogens (tertiary/aromatic N) is 1. The van der Waals surface area contributed by atoms with Crippen LogP contribution in [0.25, 0.3) is 0 Å². The van der Waals surface area contributed by atoms with Crippen molar-refractivity contribution < 1.29 is 9.59 Å². The van der Waals surface area contributed by atoms with Crippen molar-refractivity contribution >= 4 is 23.6 Å². The molecule has 13 heavy (non-hydrogen) atoms. The average molecular weight is 200 g/mol. The van der Waals surface area contributed by atoms with Crippen molar-refractivity contribution in [3.8, 4) is 0 Å². The lowest BCUT2D eigenvalue weighted by molar-refractivity contribution is -0.124. The van der Waals surface area contributed by atoms with E-state index in [2.05, 4.69) is 5.32 Å². The van der Waals surface area contributed by atoms with Crippen molar-refractivity contribution in [1.29, 1.82) is 0 Å². The summed E-state index contributed by atoms with van der Waals surface area (Å²) in [6.07, 6.45) is 0. The maximum atomic E-state index is 11.3. The molecule has 0 aromatic rings. The first-order chi connectivity index (χ1) is 6.07. The zero-order chi connectivity index (χ0) is 10.0. The van der Waals surface area contributed by atoms with E-state index in [9.17, 15) is 9.59 Å². The van der Waals surface area contributed by atoms with E-state index in [4.69, 9.17) is 0 Å². The van der Waals surface area contributed by atoms with Crippen LogP contribution in [0.3, 0.4) is 0 Å². The van der Waals surface area contributed by atoms with E-state index >= 15 is 0 Å².